The smallest absolute Gasteiger partial charge is 0.236 e. The van der Waals surface area contributed by atoms with Crippen molar-refractivity contribution in [2.45, 2.75) is 57.0 Å². The Morgan fingerprint density at radius 1 is 1.22 bits per heavy atom. The molecule has 144 valence electrons. The Labute approximate surface area is 165 Å². The van der Waals surface area contributed by atoms with Crippen LogP contribution in [0.1, 0.15) is 56.5 Å². The monoisotopic (exact) mass is 383 g/mol. The molecule has 1 aromatic heterocycles. The van der Waals surface area contributed by atoms with Crippen molar-refractivity contribution >= 4 is 27.5 Å². The summed E-state index contributed by atoms with van der Waals surface area (Å²) < 4.78 is 1.19. The summed E-state index contributed by atoms with van der Waals surface area (Å²) in [6.45, 7) is 2.54. The Morgan fingerprint density at radius 3 is 2.48 bits per heavy atom. The van der Waals surface area contributed by atoms with Crippen LogP contribution in [0.15, 0.2) is 24.3 Å². The molecule has 4 nitrogen and oxygen atoms in total. The quantitative estimate of drug-likeness (QED) is 0.834. The van der Waals surface area contributed by atoms with Gasteiger partial charge >= 0.3 is 0 Å². The zero-order chi connectivity index (χ0) is 18.6. The van der Waals surface area contributed by atoms with Crippen molar-refractivity contribution in [3.8, 4) is 0 Å². The molecule has 2 aromatic rings. The highest BCUT2D eigenvalue weighted by Gasteiger charge is 2.50. The number of amides is 1. The number of likely N-dealkylation sites (N-methyl/N-ethyl adjacent to an activating group) is 1. The number of nitrogens with zero attached hydrogens (tertiary/aromatic N) is 2. The lowest BCUT2D eigenvalue weighted by molar-refractivity contribution is -0.132. The van der Waals surface area contributed by atoms with Crippen LogP contribution in [-0.4, -0.2) is 34.9 Å². The summed E-state index contributed by atoms with van der Waals surface area (Å²) in [5.74, 6) is 2.88. The van der Waals surface area contributed by atoms with Gasteiger partial charge in [-0.3, -0.25) is 4.79 Å². The Kier molecular flexibility index (Phi) is 4.28. The maximum Gasteiger partial charge on any atom is 0.236 e. The topological polar surface area (TPSA) is 45.2 Å². The van der Waals surface area contributed by atoms with Crippen molar-refractivity contribution < 1.29 is 4.79 Å². The fraction of sp³-hybridized carbons (Fsp3) is 0.636. The van der Waals surface area contributed by atoms with E-state index in [9.17, 15) is 4.79 Å². The number of para-hydroxylation sites is 1. The van der Waals surface area contributed by atoms with Crippen molar-refractivity contribution in [2.24, 2.45) is 17.8 Å². The zero-order valence-electron chi connectivity index (χ0n) is 16.3. The minimum absolute atomic E-state index is 0.00747. The van der Waals surface area contributed by atoms with E-state index >= 15 is 0 Å². The van der Waals surface area contributed by atoms with Crippen molar-refractivity contribution in [3.63, 3.8) is 0 Å². The number of hydrogen-bond donors (Lipinski definition) is 1. The Balaban J connectivity index is 1.24. The summed E-state index contributed by atoms with van der Waals surface area (Å²) >= 11 is 1.69. The first kappa shape index (κ1) is 17.6. The van der Waals surface area contributed by atoms with E-state index in [1.807, 2.05) is 30.1 Å². The summed E-state index contributed by atoms with van der Waals surface area (Å²) in [5, 5.41) is 4.75. The molecular formula is C22H29N3OS. The van der Waals surface area contributed by atoms with Gasteiger partial charge in [-0.05, 0) is 75.3 Å². The van der Waals surface area contributed by atoms with Crippen LogP contribution < -0.4 is 5.32 Å². The van der Waals surface area contributed by atoms with E-state index in [0.717, 1.165) is 28.3 Å². The number of carbonyl (C=O) groups excluding carboxylic acids is 1. The Bertz CT molecular complexity index is 792. The third-order valence-electron chi connectivity index (χ3n) is 7.30. The lowest BCUT2D eigenvalue weighted by Gasteiger charge is -2.57. The van der Waals surface area contributed by atoms with Crippen LogP contribution in [-0.2, 0) is 4.79 Å². The van der Waals surface area contributed by atoms with Crippen molar-refractivity contribution in [2.75, 3.05) is 13.6 Å². The minimum atomic E-state index is 0.00747. The van der Waals surface area contributed by atoms with Gasteiger partial charge in [0.05, 0.1) is 22.8 Å². The molecule has 4 aliphatic rings. The Morgan fingerprint density at radius 2 is 1.85 bits per heavy atom. The van der Waals surface area contributed by atoms with Crippen molar-refractivity contribution in [1.82, 2.24) is 15.2 Å². The SMILES string of the molecule is C[C@@H](c1nc2ccccc2s1)N(C)C(=O)CNC12CC3CC(CC(C3)C1)C2. The molecule has 4 aliphatic carbocycles. The molecule has 4 fully saturated rings. The number of aromatic nitrogens is 1. The predicted molar refractivity (Wildman–Crippen MR) is 110 cm³/mol. The maximum atomic E-state index is 12.9. The van der Waals surface area contributed by atoms with E-state index in [0.29, 0.717) is 6.54 Å². The summed E-state index contributed by atoms with van der Waals surface area (Å²) in [6.07, 6.45) is 8.15. The van der Waals surface area contributed by atoms with E-state index in [-0.39, 0.29) is 17.5 Å². The zero-order valence-corrected chi connectivity index (χ0v) is 17.1. The summed E-state index contributed by atoms with van der Waals surface area (Å²) in [7, 11) is 1.92. The van der Waals surface area contributed by atoms with Crippen LogP contribution in [0.2, 0.25) is 0 Å². The first-order valence-corrected chi connectivity index (χ1v) is 11.2. The molecular weight excluding hydrogens is 354 g/mol. The third kappa shape index (κ3) is 3.19. The van der Waals surface area contributed by atoms with Gasteiger partial charge in [-0.1, -0.05) is 12.1 Å². The van der Waals surface area contributed by atoms with E-state index in [2.05, 4.69) is 18.3 Å². The number of rotatable bonds is 5. The molecule has 5 heteroatoms. The predicted octanol–water partition coefficient (Wildman–Crippen LogP) is 4.37. The van der Waals surface area contributed by atoms with Gasteiger partial charge in [-0.25, -0.2) is 4.98 Å². The highest BCUT2D eigenvalue weighted by atomic mass is 32.1. The molecule has 1 atom stereocenters. The summed E-state index contributed by atoms with van der Waals surface area (Å²) in [6, 6.07) is 8.20. The summed E-state index contributed by atoms with van der Waals surface area (Å²) in [4.78, 5) is 19.5. The molecule has 4 saturated carbocycles. The molecule has 0 aliphatic heterocycles. The van der Waals surface area contributed by atoms with Crippen LogP contribution in [0.3, 0.4) is 0 Å². The molecule has 6 rings (SSSR count). The highest BCUT2D eigenvalue weighted by molar-refractivity contribution is 7.18. The molecule has 27 heavy (non-hydrogen) atoms. The van der Waals surface area contributed by atoms with Crippen LogP contribution >= 0.6 is 11.3 Å². The second kappa shape index (κ2) is 6.56. The number of carbonyl (C=O) groups is 1. The standard InChI is InChI=1S/C22H29N3OS/c1-14(21-24-18-5-3-4-6-19(18)27-21)25(2)20(26)13-23-22-10-15-7-16(11-22)9-17(8-15)12-22/h3-6,14-17,23H,7-13H2,1-2H3/t14-,15?,16?,17?,22?/m0/s1. The van der Waals surface area contributed by atoms with Crippen LogP contribution in [0.5, 0.6) is 0 Å². The largest absolute Gasteiger partial charge is 0.335 e. The second-order valence-corrected chi connectivity index (χ2v) is 10.3. The van der Waals surface area contributed by atoms with Gasteiger partial charge < -0.3 is 10.2 Å². The third-order valence-corrected chi connectivity index (χ3v) is 8.50. The highest BCUT2D eigenvalue weighted by Crippen LogP contribution is 2.55. The van der Waals surface area contributed by atoms with E-state index in [4.69, 9.17) is 4.98 Å². The Hall–Kier alpha value is -1.46. The average Bonchev–Trinajstić information content (AvgIpc) is 3.08. The van der Waals surface area contributed by atoms with Gasteiger partial charge in [0.1, 0.15) is 5.01 Å². The number of thiazole rings is 1. The van der Waals surface area contributed by atoms with Crippen LogP contribution in [0.4, 0.5) is 0 Å². The average molecular weight is 384 g/mol. The fourth-order valence-corrected chi connectivity index (χ4v) is 7.23. The van der Waals surface area contributed by atoms with Crippen molar-refractivity contribution in [3.05, 3.63) is 29.3 Å². The van der Waals surface area contributed by atoms with Gasteiger partial charge in [-0.2, -0.15) is 0 Å². The molecule has 0 radical (unpaired) electrons. The van der Waals surface area contributed by atoms with Crippen molar-refractivity contribution in [1.29, 1.82) is 0 Å². The van der Waals surface area contributed by atoms with Gasteiger partial charge in [0.15, 0.2) is 0 Å². The number of benzene rings is 1. The maximum absolute atomic E-state index is 12.9. The summed E-state index contributed by atoms with van der Waals surface area (Å²) in [5.41, 5.74) is 1.27. The molecule has 1 aromatic carbocycles. The normalized spacial score (nSPS) is 32.7. The lowest BCUT2D eigenvalue weighted by Crippen LogP contribution is -2.59. The molecule has 1 amide bonds. The van der Waals surface area contributed by atoms with Gasteiger partial charge in [-0.15, -0.1) is 11.3 Å². The van der Waals surface area contributed by atoms with E-state index in [1.165, 1.54) is 43.2 Å². The number of fused-ring (bicyclic) bond motifs is 1. The second-order valence-electron chi connectivity index (χ2n) is 9.25. The number of hydrogen-bond acceptors (Lipinski definition) is 4. The van der Waals surface area contributed by atoms with Crippen LogP contribution in [0, 0.1) is 17.8 Å². The molecule has 0 saturated heterocycles. The molecule has 1 N–H and O–H groups in total. The lowest BCUT2D eigenvalue weighted by atomic mass is 9.53. The van der Waals surface area contributed by atoms with Gasteiger partial charge in [0.25, 0.3) is 0 Å². The van der Waals surface area contributed by atoms with E-state index < -0.39 is 0 Å². The fourth-order valence-electron chi connectivity index (χ4n) is 6.17. The molecule has 0 unspecified atom stereocenters. The first-order chi connectivity index (χ1) is 13.0. The molecule has 4 bridgehead atoms. The van der Waals surface area contributed by atoms with E-state index in [1.54, 1.807) is 11.3 Å². The van der Waals surface area contributed by atoms with Gasteiger partial charge in [0, 0.05) is 12.6 Å². The molecule has 0 spiro atoms. The van der Waals surface area contributed by atoms with Crippen LogP contribution in [0.25, 0.3) is 10.2 Å². The molecule has 1 heterocycles. The first-order valence-electron chi connectivity index (χ1n) is 10.4. The van der Waals surface area contributed by atoms with Gasteiger partial charge in [0.2, 0.25) is 5.91 Å². The number of nitrogens with one attached hydrogen (secondary N) is 1. The minimum Gasteiger partial charge on any atom is -0.335 e.